The van der Waals surface area contributed by atoms with Crippen LogP contribution in [0.25, 0.3) is 0 Å². The molecule has 0 N–H and O–H groups in total. The van der Waals surface area contributed by atoms with E-state index in [0.717, 1.165) is 28.9 Å². The summed E-state index contributed by atoms with van der Waals surface area (Å²) in [6.07, 6.45) is 3.02. The standard InChI is InChI=1S/C28H29F2NO2S/c1-2-3-18-33-26(19-4-8-21(29)9-5-19)17-16-25-27(20-6-14-24(34)15-7-20)31(28(25)32)23-12-10-22(30)11-13-23/h4-15,25-27,34H,2-3,16-18H2,1H3/t25-,26+,27-/m1/s1. The van der Waals surface area contributed by atoms with Crippen molar-refractivity contribution in [3.8, 4) is 0 Å². The smallest absolute Gasteiger partial charge is 0.233 e. The lowest BCUT2D eigenvalue weighted by Crippen LogP contribution is -2.55. The average Bonchev–Trinajstić information content (AvgIpc) is 2.84. The number of β-lactam (4-membered cyclic amide) rings is 1. The van der Waals surface area contributed by atoms with Crippen molar-refractivity contribution in [1.29, 1.82) is 0 Å². The normalized spacial score (nSPS) is 18.6. The van der Waals surface area contributed by atoms with Crippen LogP contribution < -0.4 is 4.90 Å². The van der Waals surface area contributed by atoms with E-state index >= 15 is 0 Å². The molecule has 178 valence electrons. The Kier molecular flexibility index (Phi) is 8.01. The molecular weight excluding hydrogens is 452 g/mol. The second kappa shape index (κ2) is 11.2. The number of ether oxygens (including phenoxy) is 1. The Morgan fingerprint density at radius 3 is 2.18 bits per heavy atom. The molecule has 0 aliphatic carbocycles. The van der Waals surface area contributed by atoms with E-state index in [4.69, 9.17) is 4.74 Å². The van der Waals surface area contributed by atoms with Crippen LogP contribution in [0.1, 0.15) is 55.9 Å². The van der Waals surface area contributed by atoms with Crippen LogP contribution >= 0.6 is 12.6 Å². The lowest BCUT2D eigenvalue weighted by Gasteiger charge is -2.48. The molecule has 0 saturated carbocycles. The van der Waals surface area contributed by atoms with Crippen molar-refractivity contribution >= 4 is 24.2 Å². The van der Waals surface area contributed by atoms with Gasteiger partial charge in [0.05, 0.1) is 18.1 Å². The van der Waals surface area contributed by atoms with Crippen molar-refractivity contribution in [3.63, 3.8) is 0 Å². The SMILES string of the molecule is CCCCO[C@@H](CC[C@H]1C(=O)N(c2ccc(F)cc2)[C@@H]1c1ccc(S)cc1)c1ccc(F)cc1. The summed E-state index contributed by atoms with van der Waals surface area (Å²) in [5, 5.41) is 0. The molecule has 0 unspecified atom stereocenters. The van der Waals surface area contributed by atoms with Gasteiger partial charge in [-0.1, -0.05) is 37.6 Å². The van der Waals surface area contributed by atoms with Gasteiger partial charge in [-0.2, -0.15) is 0 Å². The molecule has 1 aliphatic rings. The molecule has 34 heavy (non-hydrogen) atoms. The van der Waals surface area contributed by atoms with Crippen LogP contribution in [0.2, 0.25) is 0 Å². The summed E-state index contributed by atoms with van der Waals surface area (Å²) in [4.78, 5) is 15.9. The Hall–Kier alpha value is -2.70. The molecule has 0 radical (unpaired) electrons. The molecule has 0 spiro atoms. The number of amides is 1. The van der Waals surface area contributed by atoms with Gasteiger partial charge in [0.2, 0.25) is 5.91 Å². The molecule has 1 amide bonds. The number of anilines is 1. The van der Waals surface area contributed by atoms with Crippen LogP contribution in [-0.4, -0.2) is 12.5 Å². The molecule has 0 bridgehead atoms. The minimum atomic E-state index is -0.337. The van der Waals surface area contributed by atoms with Gasteiger partial charge >= 0.3 is 0 Å². The molecule has 3 aromatic carbocycles. The number of carbonyl (C=O) groups is 1. The topological polar surface area (TPSA) is 29.5 Å². The highest BCUT2D eigenvalue weighted by Gasteiger charge is 2.48. The first kappa shape index (κ1) is 24.4. The number of benzene rings is 3. The minimum Gasteiger partial charge on any atom is -0.374 e. The Morgan fingerprint density at radius 2 is 1.56 bits per heavy atom. The second-order valence-corrected chi connectivity index (χ2v) is 9.19. The predicted octanol–water partition coefficient (Wildman–Crippen LogP) is 7.30. The largest absolute Gasteiger partial charge is 0.374 e. The predicted molar refractivity (Wildman–Crippen MR) is 133 cm³/mol. The highest BCUT2D eigenvalue weighted by Crippen LogP contribution is 2.46. The summed E-state index contributed by atoms with van der Waals surface area (Å²) in [5.41, 5.74) is 2.60. The summed E-state index contributed by atoms with van der Waals surface area (Å²) in [7, 11) is 0. The number of hydrogen-bond donors (Lipinski definition) is 1. The fourth-order valence-corrected chi connectivity index (χ4v) is 4.65. The summed E-state index contributed by atoms with van der Waals surface area (Å²) in [5.74, 6) is -0.838. The fraction of sp³-hybridized carbons (Fsp3) is 0.321. The molecule has 0 aromatic heterocycles. The molecule has 6 heteroatoms. The quantitative estimate of drug-likeness (QED) is 0.187. The van der Waals surface area contributed by atoms with E-state index in [2.05, 4.69) is 19.6 Å². The number of halogens is 2. The Bertz CT molecular complexity index is 1090. The van der Waals surface area contributed by atoms with E-state index in [9.17, 15) is 13.6 Å². The molecule has 1 aliphatic heterocycles. The minimum absolute atomic E-state index is 0.0120. The maximum absolute atomic E-state index is 13.5. The van der Waals surface area contributed by atoms with Gasteiger partial charge in [-0.3, -0.25) is 4.79 Å². The molecule has 4 rings (SSSR count). The molecule has 1 heterocycles. The first-order valence-corrected chi connectivity index (χ1v) is 12.2. The van der Waals surface area contributed by atoms with E-state index in [-0.39, 0.29) is 35.6 Å². The average molecular weight is 482 g/mol. The Labute approximate surface area is 205 Å². The highest BCUT2D eigenvalue weighted by molar-refractivity contribution is 7.80. The highest BCUT2D eigenvalue weighted by atomic mass is 32.1. The number of thiol groups is 1. The van der Waals surface area contributed by atoms with Gasteiger partial charge in [-0.25, -0.2) is 8.78 Å². The van der Waals surface area contributed by atoms with Gasteiger partial charge in [0, 0.05) is 17.2 Å². The van der Waals surface area contributed by atoms with Crippen molar-refractivity contribution in [3.05, 3.63) is 95.6 Å². The molecule has 3 nitrogen and oxygen atoms in total. The van der Waals surface area contributed by atoms with Crippen LogP contribution in [0.15, 0.2) is 77.7 Å². The van der Waals surface area contributed by atoms with Gasteiger partial charge in [-0.15, -0.1) is 12.6 Å². The summed E-state index contributed by atoms with van der Waals surface area (Å²) in [6, 6.07) is 20.0. The van der Waals surface area contributed by atoms with E-state index in [0.29, 0.717) is 25.1 Å². The summed E-state index contributed by atoms with van der Waals surface area (Å²) < 4.78 is 33.1. The number of hydrogen-bond acceptors (Lipinski definition) is 3. The maximum Gasteiger partial charge on any atom is 0.233 e. The number of carbonyl (C=O) groups excluding carboxylic acids is 1. The number of nitrogens with zero attached hydrogens (tertiary/aromatic N) is 1. The van der Waals surface area contributed by atoms with Gasteiger partial charge in [0.25, 0.3) is 0 Å². The van der Waals surface area contributed by atoms with Crippen molar-refractivity contribution in [2.45, 2.75) is 49.6 Å². The summed E-state index contributed by atoms with van der Waals surface area (Å²) in [6.45, 7) is 2.72. The van der Waals surface area contributed by atoms with Crippen molar-refractivity contribution < 1.29 is 18.3 Å². The van der Waals surface area contributed by atoms with E-state index in [1.54, 1.807) is 29.2 Å². The van der Waals surface area contributed by atoms with Gasteiger partial charge in [0.1, 0.15) is 11.6 Å². The monoisotopic (exact) mass is 481 g/mol. The van der Waals surface area contributed by atoms with Crippen LogP contribution in [0.5, 0.6) is 0 Å². The zero-order valence-corrected chi connectivity index (χ0v) is 20.1. The molecule has 1 saturated heterocycles. The van der Waals surface area contributed by atoms with Crippen LogP contribution in [-0.2, 0) is 9.53 Å². The van der Waals surface area contributed by atoms with E-state index in [1.807, 2.05) is 24.3 Å². The molecular formula is C28H29F2NO2S. The third kappa shape index (κ3) is 5.50. The molecule has 1 fully saturated rings. The van der Waals surface area contributed by atoms with Crippen molar-refractivity contribution in [2.75, 3.05) is 11.5 Å². The lowest BCUT2D eigenvalue weighted by atomic mass is 9.78. The fourth-order valence-electron chi connectivity index (χ4n) is 4.50. The summed E-state index contributed by atoms with van der Waals surface area (Å²) >= 11 is 4.38. The number of rotatable bonds is 10. The van der Waals surface area contributed by atoms with Crippen molar-refractivity contribution in [1.82, 2.24) is 0 Å². The van der Waals surface area contributed by atoms with Crippen LogP contribution in [0, 0.1) is 17.6 Å². The van der Waals surface area contributed by atoms with Crippen LogP contribution in [0.3, 0.4) is 0 Å². The van der Waals surface area contributed by atoms with Crippen LogP contribution in [0.4, 0.5) is 14.5 Å². The third-order valence-corrected chi connectivity index (χ3v) is 6.65. The van der Waals surface area contributed by atoms with E-state index in [1.165, 1.54) is 24.3 Å². The zero-order chi connectivity index (χ0) is 24.1. The van der Waals surface area contributed by atoms with Gasteiger partial charge < -0.3 is 9.64 Å². The Morgan fingerprint density at radius 1 is 0.941 bits per heavy atom. The Balaban J connectivity index is 1.55. The van der Waals surface area contributed by atoms with Crippen molar-refractivity contribution in [2.24, 2.45) is 5.92 Å². The van der Waals surface area contributed by atoms with Gasteiger partial charge in [-0.05, 0) is 78.9 Å². The number of unbranched alkanes of at least 4 members (excludes halogenated alkanes) is 1. The second-order valence-electron chi connectivity index (χ2n) is 8.67. The van der Waals surface area contributed by atoms with E-state index < -0.39 is 0 Å². The first-order chi connectivity index (χ1) is 16.5. The van der Waals surface area contributed by atoms with Gasteiger partial charge in [0.15, 0.2) is 0 Å². The molecule has 3 aromatic rings. The third-order valence-electron chi connectivity index (χ3n) is 6.35. The zero-order valence-electron chi connectivity index (χ0n) is 19.2. The maximum atomic E-state index is 13.5. The molecule has 3 atom stereocenters. The first-order valence-electron chi connectivity index (χ1n) is 11.7. The lowest BCUT2D eigenvalue weighted by molar-refractivity contribution is -0.131.